The first kappa shape index (κ1) is 13.2. The van der Waals surface area contributed by atoms with E-state index in [9.17, 15) is 0 Å². The molecule has 1 aromatic rings. The monoisotopic (exact) mass is 257 g/mol. The van der Waals surface area contributed by atoms with Gasteiger partial charge in [-0.1, -0.05) is 37.5 Å². The van der Waals surface area contributed by atoms with Gasteiger partial charge in [0.1, 0.15) is 0 Å². The third-order valence-electron chi connectivity index (χ3n) is 5.15. The molecule has 0 aromatic heterocycles. The fourth-order valence-corrected chi connectivity index (χ4v) is 3.81. The molecule has 0 radical (unpaired) electrons. The minimum Gasteiger partial charge on any atom is -0.310 e. The lowest BCUT2D eigenvalue weighted by Crippen LogP contribution is -2.34. The van der Waals surface area contributed by atoms with E-state index in [1.165, 1.54) is 56.9 Å². The van der Waals surface area contributed by atoms with Crippen LogP contribution in [-0.4, -0.2) is 6.04 Å². The van der Waals surface area contributed by atoms with Crippen molar-refractivity contribution in [3.8, 4) is 0 Å². The Bertz CT molecular complexity index is 418. The van der Waals surface area contributed by atoms with Gasteiger partial charge in [0.15, 0.2) is 0 Å². The molecule has 104 valence electrons. The second-order valence-corrected chi connectivity index (χ2v) is 6.52. The topological polar surface area (TPSA) is 12.0 Å². The molecular weight excluding hydrogens is 230 g/mol. The molecule has 0 saturated heterocycles. The van der Waals surface area contributed by atoms with Crippen LogP contribution in [0.5, 0.6) is 0 Å². The highest BCUT2D eigenvalue weighted by molar-refractivity contribution is 5.35. The van der Waals surface area contributed by atoms with Crippen LogP contribution in [0.15, 0.2) is 18.2 Å². The van der Waals surface area contributed by atoms with Crippen molar-refractivity contribution in [1.82, 2.24) is 5.32 Å². The van der Waals surface area contributed by atoms with Crippen LogP contribution in [0.25, 0.3) is 0 Å². The van der Waals surface area contributed by atoms with Crippen molar-refractivity contribution in [2.45, 2.75) is 70.9 Å². The fraction of sp³-hybridized carbons (Fsp3) is 0.667. The number of nitrogens with one attached hydrogen (secondary N) is 1. The number of aryl methyl sites for hydroxylation is 2. The van der Waals surface area contributed by atoms with Gasteiger partial charge in [0.2, 0.25) is 0 Å². The summed E-state index contributed by atoms with van der Waals surface area (Å²) < 4.78 is 0. The molecule has 1 atom stereocenters. The summed E-state index contributed by atoms with van der Waals surface area (Å²) in [7, 11) is 0. The van der Waals surface area contributed by atoms with E-state index in [1.807, 2.05) is 0 Å². The van der Waals surface area contributed by atoms with Crippen LogP contribution in [0.4, 0.5) is 0 Å². The molecule has 1 heteroatoms. The van der Waals surface area contributed by atoms with Crippen LogP contribution < -0.4 is 5.32 Å². The Kier molecular flexibility index (Phi) is 4.22. The molecule has 1 saturated carbocycles. The van der Waals surface area contributed by atoms with Gasteiger partial charge in [-0.15, -0.1) is 0 Å². The quantitative estimate of drug-likeness (QED) is 0.851. The third kappa shape index (κ3) is 3.20. The standard InChI is InChI=1S/C18H27N/c1-14(16-6-3-2-4-7-16)19-13-15-10-11-17-8-5-9-18(17)12-15/h10-12,14,16,19H,2-9,13H2,1H3/t14-/m0/s1. The van der Waals surface area contributed by atoms with Crippen molar-refractivity contribution in [2.24, 2.45) is 5.92 Å². The lowest BCUT2D eigenvalue weighted by molar-refractivity contribution is 0.280. The normalized spacial score (nSPS) is 21.3. The van der Waals surface area contributed by atoms with E-state index in [0.29, 0.717) is 6.04 Å². The summed E-state index contributed by atoms with van der Waals surface area (Å²) in [4.78, 5) is 0. The van der Waals surface area contributed by atoms with Crippen molar-refractivity contribution < 1.29 is 0 Å². The van der Waals surface area contributed by atoms with Crippen molar-refractivity contribution >= 4 is 0 Å². The number of hydrogen-bond donors (Lipinski definition) is 1. The molecular formula is C18H27N. The van der Waals surface area contributed by atoms with Gasteiger partial charge in [-0.3, -0.25) is 0 Å². The summed E-state index contributed by atoms with van der Waals surface area (Å²) in [5, 5.41) is 3.76. The molecule has 0 amide bonds. The van der Waals surface area contributed by atoms with Crippen LogP contribution in [0, 0.1) is 5.92 Å². The molecule has 0 bridgehead atoms. The first-order valence-electron chi connectivity index (χ1n) is 8.17. The van der Waals surface area contributed by atoms with Gasteiger partial charge in [0.25, 0.3) is 0 Å². The summed E-state index contributed by atoms with van der Waals surface area (Å²) in [6.45, 7) is 3.42. The van der Waals surface area contributed by atoms with Gasteiger partial charge in [-0.2, -0.15) is 0 Å². The Hall–Kier alpha value is -0.820. The van der Waals surface area contributed by atoms with Gasteiger partial charge in [-0.05, 0) is 61.6 Å². The number of hydrogen-bond acceptors (Lipinski definition) is 1. The van der Waals surface area contributed by atoms with Crippen LogP contribution in [-0.2, 0) is 19.4 Å². The van der Waals surface area contributed by atoms with Crippen molar-refractivity contribution in [1.29, 1.82) is 0 Å². The molecule has 1 nitrogen and oxygen atoms in total. The maximum absolute atomic E-state index is 3.76. The number of fused-ring (bicyclic) bond motifs is 1. The molecule has 19 heavy (non-hydrogen) atoms. The van der Waals surface area contributed by atoms with Crippen LogP contribution in [0.3, 0.4) is 0 Å². The molecule has 2 aliphatic rings. The highest BCUT2D eigenvalue weighted by atomic mass is 14.9. The lowest BCUT2D eigenvalue weighted by Gasteiger charge is -2.28. The largest absolute Gasteiger partial charge is 0.310 e. The summed E-state index contributed by atoms with van der Waals surface area (Å²) in [5.74, 6) is 0.906. The highest BCUT2D eigenvalue weighted by Crippen LogP contribution is 2.27. The minimum atomic E-state index is 0.675. The Morgan fingerprint density at radius 2 is 1.84 bits per heavy atom. The zero-order chi connectivity index (χ0) is 13.1. The highest BCUT2D eigenvalue weighted by Gasteiger charge is 2.19. The smallest absolute Gasteiger partial charge is 0.0208 e. The summed E-state index contributed by atoms with van der Waals surface area (Å²) in [6.07, 6.45) is 11.1. The molecule has 0 heterocycles. The Morgan fingerprint density at radius 3 is 2.68 bits per heavy atom. The fourth-order valence-electron chi connectivity index (χ4n) is 3.81. The Balaban J connectivity index is 1.53. The van der Waals surface area contributed by atoms with E-state index in [4.69, 9.17) is 0 Å². The maximum Gasteiger partial charge on any atom is 0.0208 e. The predicted octanol–water partition coefficient (Wildman–Crippen LogP) is 4.23. The molecule has 1 N–H and O–H groups in total. The van der Waals surface area contributed by atoms with E-state index in [2.05, 4.69) is 30.4 Å². The summed E-state index contributed by atoms with van der Waals surface area (Å²) in [6, 6.07) is 7.78. The van der Waals surface area contributed by atoms with E-state index >= 15 is 0 Å². The van der Waals surface area contributed by atoms with Gasteiger partial charge in [0, 0.05) is 12.6 Å². The third-order valence-corrected chi connectivity index (χ3v) is 5.15. The maximum atomic E-state index is 3.76. The van der Waals surface area contributed by atoms with Crippen molar-refractivity contribution in [3.05, 3.63) is 34.9 Å². The molecule has 1 fully saturated rings. The van der Waals surface area contributed by atoms with Crippen LogP contribution in [0.1, 0.15) is 62.1 Å². The minimum absolute atomic E-state index is 0.675. The second-order valence-electron chi connectivity index (χ2n) is 6.52. The summed E-state index contributed by atoms with van der Waals surface area (Å²) in [5.41, 5.74) is 4.66. The molecule has 3 rings (SSSR count). The lowest BCUT2D eigenvalue weighted by atomic mass is 9.84. The van der Waals surface area contributed by atoms with Gasteiger partial charge in [0.05, 0.1) is 0 Å². The Morgan fingerprint density at radius 1 is 1.05 bits per heavy atom. The van der Waals surface area contributed by atoms with E-state index in [0.717, 1.165) is 12.5 Å². The van der Waals surface area contributed by atoms with Gasteiger partial charge >= 0.3 is 0 Å². The molecule has 1 aromatic carbocycles. The average Bonchev–Trinajstić information content (AvgIpc) is 2.93. The first-order chi connectivity index (χ1) is 9.33. The summed E-state index contributed by atoms with van der Waals surface area (Å²) >= 11 is 0. The van der Waals surface area contributed by atoms with Crippen molar-refractivity contribution in [2.75, 3.05) is 0 Å². The molecule has 0 unspecified atom stereocenters. The predicted molar refractivity (Wildman–Crippen MR) is 81.3 cm³/mol. The number of benzene rings is 1. The zero-order valence-electron chi connectivity index (χ0n) is 12.3. The molecule has 2 aliphatic carbocycles. The Labute approximate surface area is 117 Å². The molecule has 0 aliphatic heterocycles. The van der Waals surface area contributed by atoms with Crippen LogP contribution >= 0.6 is 0 Å². The van der Waals surface area contributed by atoms with E-state index in [1.54, 1.807) is 11.1 Å². The van der Waals surface area contributed by atoms with Gasteiger partial charge in [-0.25, -0.2) is 0 Å². The van der Waals surface area contributed by atoms with Crippen molar-refractivity contribution in [3.63, 3.8) is 0 Å². The zero-order valence-corrected chi connectivity index (χ0v) is 12.3. The van der Waals surface area contributed by atoms with Gasteiger partial charge < -0.3 is 5.32 Å². The SMILES string of the molecule is C[C@H](NCc1ccc2c(c1)CCC2)C1CCCCC1. The second kappa shape index (κ2) is 6.09. The number of rotatable bonds is 4. The van der Waals surface area contributed by atoms with E-state index < -0.39 is 0 Å². The van der Waals surface area contributed by atoms with E-state index in [-0.39, 0.29) is 0 Å². The average molecular weight is 257 g/mol. The first-order valence-corrected chi connectivity index (χ1v) is 8.17. The van der Waals surface area contributed by atoms with Crippen LogP contribution in [0.2, 0.25) is 0 Å². The molecule has 0 spiro atoms.